The van der Waals surface area contributed by atoms with Crippen LogP contribution in [0.2, 0.25) is 0 Å². The van der Waals surface area contributed by atoms with Crippen LogP contribution >= 0.6 is 46.2 Å². The van der Waals surface area contributed by atoms with Gasteiger partial charge in [-0.15, -0.1) is 0 Å². The molecule has 2 nitrogen and oxygen atoms in total. The molecule has 0 spiro atoms. The van der Waals surface area contributed by atoms with E-state index >= 15 is 0 Å². The Morgan fingerprint density at radius 2 is 1.12 bits per heavy atom. The predicted molar refractivity (Wildman–Crippen MR) is 107 cm³/mol. The van der Waals surface area contributed by atoms with Crippen molar-refractivity contribution in [3.8, 4) is 0 Å². The summed E-state index contributed by atoms with van der Waals surface area (Å²) in [5.41, 5.74) is 2.65. The largest absolute Gasteiger partial charge is 0.298 e. The molecule has 0 aliphatic rings. The van der Waals surface area contributed by atoms with Crippen LogP contribution in [0.25, 0.3) is 20.4 Å². The summed E-state index contributed by atoms with van der Waals surface area (Å²) in [5.74, 6) is 2.25. The van der Waals surface area contributed by atoms with E-state index in [0.717, 1.165) is 11.5 Å². The molecule has 0 saturated heterocycles. The van der Waals surface area contributed by atoms with Gasteiger partial charge in [0, 0.05) is 23.6 Å². The number of aryl methyl sites for hydroxylation is 2. The lowest BCUT2D eigenvalue weighted by atomic mass is 10.3. The van der Waals surface area contributed by atoms with E-state index in [1.54, 1.807) is 0 Å². The van der Waals surface area contributed by atoms with Gasteiger partial charge in [0.25, 0.3) is 8.68 Å². The van der Waals surface area contributed by atoms with E-state index in [-0.39, 0.29) is 0 Å². The van der Waals surface area contributed by atoms with Gasteiger partial charge in [-0.3, -0.25) is 0 Å². The zero-order chi connectivity index (χ0) is 16.5. The highest BCUT2D eigenvalue weighted by Crippen LogP contribution is 2.30. The second-order valence-electron chi connectivity index (χ2n) is 5.49. The van der Waals surface area contributed by atoms with Crippen molar-refractivity contribution < 1.29 is 9.13 Å². The van der Waals surface area contributed by atoms with Crippen molar-refractivity contribution in [3.63, 3.8) is 0 Å². The minimum absolute atomic E-state index is 1.12. The number of hydrogen-bond acceptors (Lipinski definition) is 4. The van der Waals surface area contributed by atoms with Gasteiger partial charge in [-0.25, -0.2) is 0 Å². The molecule has 6 heteroatoms. The number of aromatic nitrogens is 2. The molecule has 0 bridgehead atoms. The molecule has 0 N–H and O–H groups in total. The minimum atomic E-state index is 1.12. The van der Waals surface area contributed by atoms with Gasteiger partial charge in [0.05, 0.1) is 0 Å². The first-order valence-corrected chi connectivity index (χ1v) is 11.3. The Labute approximate surface area is 158 Å². The van der Waals surface area contributed by atoms with Crippen LogP contribution in [-0.4, -0.2) is 11.5 Å². The van der Waals surface area contributed by atoms with E-state index in [0.29, 0.717) is 0 Å². The van der Waals surface area contributed by atoms with Gasteiger partial charge in [0.1, 0.15) is 23.5 Å². The number of fused-ring (bicyclic) bond motifs is 2. The maximum Gasteiger partial charge on any atom is 0.298 e. The first kappa shape index (κ1) is 16.4. The highest BCUT2D eigenvalue weighted by Gasteiger charge is 2.19. The minimum Gasteiger partial charge on any atom is -0.179 e. The second-order valence-corrected chi connectivity index (χ2v) is 10.2. The molecule has 122 valence electrons. The Balaban J connectivity index is 1.41. The Morgan fingerprint density at radius 3 is 1.54 bits per heavy atom. The fourth-order valence-electron chi connectivity index (χ4n) is 2.67. The standard InChI is InChI=1S/C18H18N2S4/c1-19-13-7-3-5-9-15(13)23-17(19)21-11-12-22-18-20(2)14-8-4-6-10-16(14)24-18/h3-10H,11-12H2,1-2H3/q+2. The van der Waals surface area contributed by atoms with Gasteiger partial charge >= 0.3 is 0 Å². The number of para-hydroxylation sites is 2. The smallest absolute Gasteiger partial charge is 0.179 e. The lowest BCUT2D eigenvalue weighted by molar-refractivity contribution is -0.677. The van der Waals surface area contributed by atoms with Gasteiger partial charge in [0.15, 0.2) is 0 Å². The second kappa shape index (κ2) is 7.04. The van der Waals surface area contributed by atoms with Crippen molar-refractivity contribution in [2.45, 2.75) is 8.68 Å². The first-order valence-electron chi connectivity index (χ1n) is 7.75. The van der Waals surface area contributed by atoms with Gasteiger partial charge in [-0.1, -0.05) is 46.9 Å². The number of hydrogen-bond donors (Lipinski definition) is 0. The highest BCUT2D eigenvalue weighted by atomic mass is 32.2. The summed E-state index contributed by atoms with van der Waals surface area (Å²) in [6.07, 6.45) is 0. The molecule has 0 atom stereocenters. The Hall–Kier alpha value is -1.08. The van der Waals surface area contributed by atoms with Crippen molar-refractivity contribution >= 4 is 66.6 Å². The summed E-state index contributed by atoms with van der Waals surface area (Å²) in [7, 11) is 4.33. The van der Waals surface area contributed by atoms with E-state index in [9.17, 15) is 0 Å². The molecule has 2 aromatic carbocycles. The van der Waals surface area contributed by atoms with Gasteiger partial charge in [-0.05, 0) is 35.7 Å². The molecule has 4 aromatic rings. The molecular weight excluding hydrogens is 372 g/mol. The van der Waals surface area contributed by atoms with E-state index in [4.69, 9.17) is 0 Å². The third kappa shape index (κ3) is 3.08. The molecule has 0 unspecified atom stereocenters. The molecule has 0 saturated carbocycles. The molecule has 0 radical (unpaired) electrons. The van der Waals surface area contributed by atoms with Crippen LogP contribution < -0.4 is 9.13 Å². The summed E-state index contributed by atoms with van der Waals surface area (Å²) in [4.78, 5) is 0. The molecule has 2 heterocycles. The normalized spacial score (nSPS) is 11.6. The average Bonchev–Trinajstić information content (AvgIpc) is 3.10. The molecule has 0 aliphatic carbocycles. The third-order valence-corrected chi connectivity index (χ3v) is 9.28. The lowest BCUT2D eigenvalue weighted by Gasteiger charge is -1.95. The number of thiazole rings is 2. The first-order chi connectivity index (χ1) is 11.7. The lowest BCUT2D eigenvalue weighted by Crippen LogP contribution is -2.28. The summed E-state index contributed by atoms with van der Waals surface area (Å²) < 4.78 is 10.1. The maximum absolute atomic E-state index is 2.31. The molecular formula is C18H18N2S4+2. The van der Waals surface area contributed by atoms with Crippen LogP contribution in [0.3, 0.4) is 0 Å². The summed E-state index contributed by atoms with van der Waals surface area (Å²) in [6, 6.07) is 17.3. The van der Waals surface area contributed by atoms with Crippen LogP contribution in [0.15, 0.2) is 57.2 Å². The van der Waals surface area contributed by atoms with Crippen LogP contribution in [-0.2, 0) is 14.1 Å². The SMILES string of the molecule is C[n+]1c(SCCSc2sc3ccccc3[n+]2C)sc2ccccc21. The molecule has 2 aromatic heterocycles. The Bertz CT molecular complexity index is 921. The van der Waals surface area contributed by atoms with E-state index in [1.165, 1.54) is 29.1 Å². The maximum atomic E-state index is 2.31. The van der Waals surface area contributed by atoms with Crippen molar-refractivity contribution in [1.29, 1.82) is 0 Å². The third-order valence-electron chi connectivity index (χ3n) is 3.93. The van der Waals surface area contributed by atoms with Crippen LogP contribution in [0.5, 0.6) is 0 Å². The van der Waals surface area contributed by atoms with Gasteiger partial charge in [-0.2, -0.15) is 9.13 Å². The van der Waals surface area contributed by atoms with E-state index in [2.05, 4.69) is 71.8 Å². The Kier molecular flexibility index (Phi) is 4.81. The van der Waals surface area contributed by atoms with E-state index < -0.39 is 0 Å². The molecule has 24 heavy (non-hydrogen) atoms. The number of thioether (sulfide) groups is 2. The molecule has 0 amide bonds. The van der Waals surface area contributed by atoms with Gasteiger partial charge < -0.3 is 0 Å². The highest BCUT2D eigenvalue weighted by molar-refractivity contribution is 8.04. The van der Waals surface area contributed by atoms with Gasteiger partial charge in [0.2, 0.25) is 11.0 Å². The summed E-state index contributed by atoms with van der Waals surface area (Å²) in [5, 5.41) is 0. The van der Waals surface area contributed by atoms with Crippen LogP contribution in [0.4, 0.5) is 0 Å². The van der Waals surface area contributed by atoms with E-state index in [1.807, 2.05) is 46.2 Å². The number of nitrogens with zero attached hydrogens (tertiary/aromatic N) is 2. The topological polar surface area (TPSA) is 7.76 Å². The monoisotopic (exact) mass is 390 g/mol. The molecule has 4 rings (SSSR count). The average molecular weight is 391 g/mol. The van der Waals surface area contributed by atoms with Crippen molar-refractivity contribution in [3.05, 3.63) is 48.5 Å². The predicted octanol–water partition coefficient (Wildman–Crippen LogP) is 4.65. The fourth-order valence-corrected chi connectivity index (χ4v) is 7.54. The van der Waals surface area contributed by atoms with Crippen molar-refractivity contribution in [2.75, 3.05) is 11.5 Å². The molecule has 0 fully saturated rings. The van der Waals surface area contributed by atoms with Crippen LogP contribution in [0.1, 0.15) is 0 Å². The zero-order valence-electron chi connectivity index (χ0n) is 13.6. The summed E-state index contributed by atoms with van der Waals surface area (Å²) >= 11 is 7.70. The van der Waals surface area contributed by atoms with Crippen LogP contribution in [0, 0.1) is 0 Å². The number of rotatable bonds is 5. The van der Waals surface area contributed by atoms with Crippen molar-refractivity contribution in [2.24, 2.45) is 14.1 Å². The Morgan fingerprint density at radius 1 is 0.708 bits per heavy atom. The summed E-state index contributed by atoms with van der Waals surface area (Å²) in [6.45, 7) is 0. The molecule has 0 aliphatic heterocycles. The quantitative estimate of drug-likeness (QED) is 0.278. The van der Waals surface area contributed by atoms with Crippen molar-refractivity contribution in [1.82, 2.24) is 0 Å². The fraction of sp³-hybridized carbons (Fsp3) is 0.222. The number of benzene rings is 2. The zero-order valence-corrected chi connectivity index (χ0v) is 16.8.